The Morgan fingerprint density at radius 2 is 1.74 bits per heavy atom. The molecular formula is C21H22F4N2O4. The van der Waals surface area contributed by atoms with E-state index in [1.165, 1.54) is 6.07 Å². The number of alkyl halides is 4. The average molecular weight is 442 g/mol. The molecule has 10 heteroatoms. The molecule has 0 aromatic heterocycles. The third-order valence-corrected chi connectivity index (χ3v) is 3.97. The largest absolute Gasteiger partial charge is 0.483 e. The summed E-state index contributed by atoms with van der Waals surface area (Å²) >= 11 is 0. The van der Waals surface area contributed by atoms with Crippen LogP contribution in [0.4, 0.5) is 17.6 Å². The fourth-order valence-corrected chi connectivity index (χ4v) is 2.59. The van der Waals surface area contributed by atoms with Gasteiger partial charge in [-0.05, 0) is 42.2 Å². The number of ether oxygens (including phenoxy) is 3. The Labute approximate surface area is 176 Å². The SMILES string of the molecule is Cc1ccc(C(C)C)c(OCC(=O)N/N=C\c2ccc(OC(F)F)cc2OC(F)F)c1. The highest BCUT2D eigenvalue weighted by Crippen LogP contribution is 2.28. The van der Waals surface area contributed by atoms with Crippen LogP contribution in [0.5, 0.6) is 17.2 Å². The highest BCUT2D eigenvalue weighted by molar-refractivity contribution is 5.85. The van der Waals surface area contributed by atoms with Gasteiger partial charge < -0.3 is 14.2 Å². The van der Waals surface area contributed by atoms with Gasteiger partial charge in [0.1, 0.15) is 17.2 Å². The summed E-state index contributed by atoms with van der Waals surface area (Å²) in [4.78, 5) is 12.0. The highest BCUT2D eigenvalue weighted by atomic mass is 19.3. The number of carbonyl (C=O) groups excluding carboxylic acids is 1. The predicted molar refractivity (Wildman–Crippen MR) is 106 cm³/mol. The molecule has 1 amide bonds. The van der Waals surface area contributed by atoms with E-state index in [0.29, 0.717) is 5.75 Å². The van der Waals surface area contributed by atoms with E-state index >= 15 is 0 Å². The first-order chi connectivity index (χ1) is 14.7. The average Bonchev–Trinajstić information content (AvgIpc) is 2.67. The van der Waals surface area contributed by atoms with Gasteiger partial charge in [0.05, 0.1) is 6.21 Å². The summed E-state index contributed by atoms with van der Waals surface area (Å²) in [6, 6.07) is 8.88. The summed E-state index contributed by atoms with van der Waals surface area (Å²) in [5, 5.41) is 3.67. The normalized spacial score (nSPS) is 11.4. The van der Waals surface area contributed by atoms with Crippen molar-refractivity contribution in [3.8, 4) is 17.2 Å². The minimum absolute atomic E-state index is 0.0175. The first-order valence-electron chi connectivity index (χ1n) is 9.24. The molecule has 0 fully saturated rings. The molecule has 0 unspecified atom stereocenters. The summed E-state index contributed by atoms with van der Waals surface area (Å²) < 4.78 is 63.8. The summed E-state index contributed by atoms with van der Waals surface area (Å²) in [7, 11) is 0. The predicted octanol–water partition coefficient (Wildman–Crippen LogP) is 4.85. The van der Waals surface area contributed by atoms with Crippen molar-refractivity contribution in [3.05, 3.63) is 53.1 Å². The number of hydrogen-bond acceptors (Lipinski definition) is 5. The van der Waals surface area contributed by atoms with Crippen LogP contribution in [-0.4, -0.2) is 32.0 Å². The number of nitrogens with zero attached hydrogens (tertiary/aromatic N) is 1. The highest BCUT2D eigenvalue weighted by Gasteiger charge is 2.13. The quantitative estimate of drug-likeness (QED) is 0.325. The maximum Gasteiger partial charge on any atom is 0.387 e. The van der Waals surface area contributed by atoms with Crippen LogP contribution in [0, 0.1) is 6.92 Å². The summed E-state index contributed by atoms with van der Waals surface area (Å²) in [6.07, 6.45) is 1.04. The molecule has 168 valence electrons. The zero-order chi connectivity index (χ0) is 23.0. The fraction of sp³-hybridized carbons (Fsp3) is 0.333. The molecule has 0 spiro atoms. The molecule has 1 N–H and O–H groups in total. The monoisotopic (exact) mass is 442 g/mol. The molecule has 0 bridgehead atoms. The first kappa shape index (κ1) is 24.0. The second-order valence-electron chi connectivity index (χ2n) is 6.73. The fourth-order valence-electron chi connectivity index (χ4n) is 2.59. The number of halogens is 4. The van der Waals surface area contributed by atoms with Gasteiger partial charge in [-0.1, -0.05) is 26.0 Å². The summed E-state index contributed by atoms with van der Waals surface area (Å²) in [5.41, 5.74) is 4.14. The maximum atomic E-state index is 12.6. The van der Waals surface area contributed by atoms with Crippen molar-refractivity contribution in [1.29, 1.82) is 0 Å². The number of hydrazone groups is 1. The van der Waals surface area contributed by atoms with Crippen LogP contribution in [-0.2, 0) is 4.79 Å². The van der Waals surface area contributed by atoms with Gasteiger partial charge in [0.25, 0.3) is 5.91 Å². The molecule has 0 aliphatic rings. The smallest absolute Gasteiger partial charge is 0.387 e. The van der Waals surface area contributed by atoms with Crippen LogP contribution in [0.3, 0.4) is 0 Å². The molecule has 0 atom stereocenters. The molecule has 2 aromatic rings. The molecular weight excluding hydrogens is 420 g/mol. The van der Waals surface area contributed by atoms with Gasteiger partial charge in [0, 0.05) is 11.6 Å². The molecule has 0 heterocycles. The van der Waals surface area contributed by atoms with Crippen molar-refractivity contribution in [1.82, 2.24) is 5.43 Å². The van der Waals surface area contributed by atoms with E-state index in [-0.39, 0.29) is 23.8 Å². The Hall–Kier alpha value is -3.30. The van der Waals surface area contributed by atoms with Crippen molar-refractivity contribution < 1.29 is 36.6 Å². The van der Waals surface area contributed by atoms with Crippen LogP contribution < -0.4 is 19.6 Å². The molecule has 0 saturated heterocycles. The van der Waals surface area contributed by atoms with E-state index in [0.717, 1.165) is 29.5 Å². The number of nitrogens with one attached hydrogen (secondary N) is 1. The zero-order valence-electron chi connectivity index (χ0n) is 17.1. The topological polar surface area (TPSA) is 69.2 Å². The van der Waals surface area contributed by atoms with Gasteiger partial charge in [-0.2, -0.15) is 22.7 Å². The molecule has 6 nitrogen and oxygen atoms in total. The van der Waals surface area contributed by atoms with Crippen LogP contribution >= 0.6 is 0 Å². The lowest BCUT2D eigenvalue weighted by molar-refractivity contribution is -0.123. The number of amides is 1. The van der Waals surface area contributed by atoms with Crippen molar-refractivity contribution in [2.24, 2.45) is 5.10 Å². The number of aryl methyl sites for hydroxylation is 1. The van der Waals surface area contributed by atoms with Crippen molar-refractivity contribution in [2.75, 3.05) is 6.61 Å². The van der Waals surface area contributed by atoms with Gasteiger partial charge in [-0.25, -0.2) is 5.43 Å². The van der Waals surface area contributed by atoms with Gasteiger partial charge in [-0.3, -0.25) is 4.79 Å². The van der Waals surface area contributed by atoms with Gasteiger partial charge >= 0.3 is 13.2 Å². The first-order valence-corrected chi connectivity index (χ1v) is 9.24. The van der Waals surface area contributed by atoms with E-state index < -0.39 is 24.9 Å². The second kappa shape index (κ2) is 11.2. The van der Waals surface area contributed by atoms with Gasteiger partial charge in [-0.15, -0.1) is 0 Å². The van der Waals surface area contributed by atoms with E-state index in [2.05, 4.69) is 20.0 Å². The molecule has 0 radical (unpaired) electrons. The minimum atomic E-state index is -3.19. The Morgan fingerprint density at radius 3 is 2.39 bits per heavy atom. The van der Waals surface area contributed by atoms with E-state index in [4.69, 9.17) is 4.74 Å². The Balaban J connectivity index is 2.01. The summed E-state index contributed by atoms with van der Waals surface area (Å²) in [5.74, 6) is -0.608. The van der Waals surface area contributed by atoms with Crippen LogP contribution in [0.15, 0.2) is 41.5 Å². The lowest BCUT2D eigenvalue weighted by Crippen LogP contribution is -2.25. The molecule has 0 saturated carbocycles. The van der Waals surface area contributed by atoms with Crippen molar-refractivity contribution in [3.63, 3.8) is 0 Å². The van der Waals surface area contributed by atoms with Crippen LogP contribution in [0.2, 0.25) is 0 Å². The lowest BCUT2D eigenvalue weighted by atomic mass is 10.0. The van der Waals surface area contributed by atoms with Gasteiger partial charge in [0.2, 0.25) is 0 Å². The number of carbonyl (C=O) groups is 1. The molecule has 0 aliphatic carbocycles. The Kier molecular flexibility index (Phi) is 8.65. The van der Waals surface area contributed by atoms with Gasteiger partial charge in [0.15, 0.2) is 6.61 Å². The standard InChI is InChI=1S/C21H22F4N2O4/c1-12(2)16-7-4-13(3)8-18(16)29-11-19(28)27-26-10-14-5-6-15(30-20(22)23)9-17(14)31-21(24)25/h4-10,12,20-21H,11H2,1-3H3,(H,27,28)/b26-10-. The molecule has 2 aromatic carbocycles. The van der Waals surface area contributed by atoms with E-state index in [1.807, 2.05) is 39.0 Å². The molecule has 31 heavy (non-hydrogen) atoms. The third kappa shape index (κ3) is 7.80. The van der Waals surface area contributed by atoms with Crippen LogP contribution in [0.1, 0.15) is 36.5 Å². The Bertz CT molecular complexity index is 920. The van der Waals surface area contributed by atoms with E-state index in [1.54, 1.807) is 0 Å². The lowest BCUT2D eigenvalue weighted by Gasteiger charge is -2.14. The third-order valence-electron chi connectivity index (χ3n) is 3.97. The van der Waals surface area contributed by atoms with E-state index in [9.17, 15) is 22.4 Å². The van der Waals surface area contributed by atoms with Crippen LogP contribution in [0.25, 0.3) is 0 Å². The molecule has 2 rings (SSSR count). The molecule has 0 aliphatic heterocycles. The maximum absolute atomic E-state index is 12.6. The number of hydrogen-bond donors (Lipinski definition) is 1. The zero-order valence-corrected chi connectivity index (χ0v) is 17.1. The number of benzene rings is 2. The summed E-state index contributed by atoms with van der Waals surface area (Å²) in [6.45, 7) is -0.735. The van der Waals surface area contributed by atoms with Crippen molar-refractivity contribution in [2.45, 2.75) is 39.9 Å². The number of rotatable bonds is 10. The minimum Gasteiger partial charge on any atom is -0.483 e. The Morgan fingerprint density at radius 1 is 1.03 bits per heavy atom. The van der Waals surface area contributed by atoms with Crippen molar-refractivity contribution >= 4 is 12.1 Å². The second-order valence-corrected chi connectivity index (χ2v) is 6.73.